The van der Waals surface area contributed by atoms with Gasteiger partial charge in [-0.05, 0) is 42.8 Å². The normalized spacial score (nSPS) is 12.7. The summed E-state index contributed by atoms with van der Waals surface area (Å²) in [5.41, 5.74) is 0. The maximum atomic E-state index is 5.62. The van der Waals surface area contributed by atoms with Crippen LogP contribution in [0.3, 0.4) is 0 Å². The maximum absolute atomic E-state index is 5.62. The zero-order valence-electron chi connectivity index (χ0n) is 14.4. The molecule has 1 atom stereocenters. The van der Waals surface area contributed by atoms with E-state index >= 15 is 0 Å². The molecule has 2 heterocycles. The Hall–Kier alpha value is -2.08. The van der Waals surface area contributed by atoms with Crippen LogP contribution in [0.15, 0.2) is 47.0 Å². The van der Waals surface area contributed by atoms with E-state index in [1.165, 1.54) is 4.88 Å². The molecule has 0 saturated carbocycles. The third kappa shape index (κ3) is 7.00. The molecular weight excluding hydrogens is 320 g/mol. The van der Waals surface area contributed by atoms with E-state index in [0.717, 1.165) is 31.2 Å². The number of aliphatic imine (C=N–C) groups is 1. The standard InChI is InChI=1S/C18H26N4OS/c1-3-20-18(21-9-10-23-16-6-4-8-19-14-16)22-13-15(2)12-17-7-5-11-24-17/h4-8,11,14-15H,3,9-10,12-13H2,1-2H3,(H2,20,21,22). The van der Waals surface area contributed by atoms with Crippen molar-refractivity contribution in [3.8, 4) is 5.75 Å². The van der Waals surface area contributed by atoms with Crippen LogP contribution in [-0.4, -0.2) is 37.2 Å². The van der Waals surface area contributed by atoms with Crippen LogP contribution in [-0.2, 0) is 6.42 Å². The number of ether oxygens (including phenoxy) is 1. The smallest absolute Gasteiger partial charge is 0.191 e. The second-order valence-corrected chi connectivity index (χ2v) is 6.60. The summed E-state index contributed by atoms with van der Waals surface area (Å²) in [7, 11) is 0. The SMILES string of the molecule is CCNC(=NCC(C)Cc1cccs1)NCCOc1cccnc1. The average Bonchev–Trinajstić information content (AvgIpc) is 3.10. The molecule has 0 aromatic carbocycles. The number of hydrogen-bond acceptors (Lipinski definition) is 4. The molecule has 6 heteroatoms. The Bertz CT molecular complexity index is 586. The maximum Gasteiger partial charge on any atom is 0.191 e. The number of nitrogens with one attached hydrogen (secondary N) is 2. The van der Waals surface area contributed by atoms with Crippen LogP contribution >= 0.6 is 11.3 Å². The van der Waals surface area contributed by atoms with Gasteiger partial charge in [-0.3, -0.25) is 9.98 Å². The second kappa shape index (κ2) is 10.6. The number of pyridine rings is 1. The lowest BCUT2D eigenvalue weighted by Gasteiger charge is -2.13. The Balaban J connectivity index is 1.71. The molecule has 0 amide bonds. The molecule has 2 rings (SSSR count). The molecule has 130 valence electrons. The van der Waals surface area contributed by atoms with Gasteiger partial charge in [0.25, 0.3) is 0 Å². The molecule has 0 bridgehead atoms. The van der Waals surface area contributed by atoms with E-state index in [0.29, 0.717) is 19.1 Å². The van der Waals surface area contributed by atoms with Gasteiger partial charge in [0.2, 0.25) is 0 Å². The van der Waals surface area contributed by atoms with Crippen molar-refractivity contribution < 1.29 is 4.74 Å². The highest BCUT2D eigenvalue weighted by Gasteiger charge is 2.05. The zero-order chi connectivity index (χ0) is 17.0. The van der Waals surface area contributed by atoms with Gasteiger partial charge in [0.1, 0.15) is 12.4 Å². The molecule has 0 spiro atoms. The molecule has 2 aromatic rings. The fraction of sp³-hybridized carbons (Fsp3) is 0.444. The topological polar surface area (TPSA) is 58.5 Å². The lowest BCUT2D eigenvalue weighted by Crippen LogP contribution is -2.39. The van der Waals surface area contributed by atoms with E-state index in [2.05, 4.69) is 52.0 Å². The Kier molecular flexibility index (Phi) is 8.10. The van der Waals surface area contributed by atoms with Crippen molar-refractivity contribution in [2.45, 2.75) is 20.3 Å². The van der Waals surface area contributed by atoms with E-state index < -0.39 is 0 Å². The quantitative estimate of drug-likeness (QED) is 0.416. The summed E-state index contributed by atoms with van der Waals surface area (Å²) in [4.78, 5) is 10.1. The fourth-order valence-corrected chi connectivity index (χ4v) is 3.07. The number of guanidine groups is 1. The highest BCUT2D eigenvalue weighted by atomic mass is 32.1. The van der Waals surface area contributed by atoms with Gasteiger partial charge in [0.05, 0.1) is 12.7 Å². The lowest BCUT2D eigenvalue weighted by atomic mass is 10.1. The van der Waals surface area contributed by atoms with Crippen molar-refractivity contribution in [2.24, 2.45) is 10.9 Å². The molecule has 0 aliphatic carbocycles. The van der Waals surface area contributed by atoms with Crippen molar-refractivity contribution >= 4 is 17.3 Å². The highest BCUT2D eigenvalue weighted by Crippen LogP contribution is 2.14. The molecule has 1 unspecified atom stereocenters. The minimum atomic E-state index is 0.519. The molecule has 2 aromatic heterocycles. The highest BCUT2D eigenvalue weighted by molar-refractivity contribution is 7.09. The van der Waals surface area contributed by atoms with Gasteiger partial charge in [-0.25, -0.2) is 0 Å². The molecule has 24 heavy (non-hydrogen) atoms. The van der Waals surface area contributed by atoms with Crippen LogP contribution in [0, 0.1) is 5.92 Å². The monoisotopic (exact) mass is 346 g/mol. The van der Waals surface area contributed by atoms with E-state index in [1.54, 1.807) is 12.4 Å². The molecular formula is C18H26N4OS. The van der Waals surface area contributed by atoms with Crippen LogP contribution in [0.2, 0.25) is 0 Å². The van der Waals surface area contributed by atoms with Crippen LogP contribution in [0.5, 0.6) is 5.75 Å². The summed E-state index contributed by atoms with van der Waals surface area (Å²) in [5.74, 6) is 2.14. The van der Waals surface area contributed by atoms with Gasteiger partial charge >= 0.3 is 0 Å². The van der Waals surface area contributed by atoms with Crippen molar-refractivity contribution in [2.75, 3.05) is 26.2 Å². The van der Waals surface area contributed by atoms with E-state index in [1.807, 2.05) is 23.5 Å². The number of rotatable bonds is 9. The van der Waals surface area contributed by atoms with Gasteiger partial charge in [-0.1, -0.05) is 13.0 Å². The molecule has 2 N–H and O–H groups in total. The third-order valence-corrected chi connectivity index (χ3v) is 4.23. The average molecular weight is 347 g/mol. The zero-order valence-corrected chi connectivity index (χ0v) is 15.2. The molecule has 5 nitrogen and oxygen atoms in total. The van der Waals surface area contributed by atoms with E-state index in [-0.39, 0.29) is 0 Å². The minimum absolute atomic E-state index is 0.519. The van der Waals surface area contributed by atoms with Gasteiger partial charge in [0.15, 0.2) is 5.96 Å². The Morgan fingerprint density at radius 1 is 1.33 bits per heavy atom. The van der Waals surface area contributed by atoms with Gasteiger partial charge in [-0.15, -0.1) is 11.3 Å². The summed E-state index contributed by atoms with van der Waals surface area (Å²) >= 11 is 1.81. The first kappa shape index (κ1) is 18.3. The van der Waals surface area contributed by atoms with Crippen LogP contribution in [0.4, 0.5) is 0 Å². The van der Waals surface area contributed by atoms with Crippen LogP contribution in [0.25, 0.3) is 0 Å². The molecule has 0 fully saturated rings. The molecule has 0 aliphatic heterocycles. The van der Waals surface area contributed by atoms with Crippen molar-refractivity contribution in [3.05, 3.63) is 46.9 Å². The van der Waals surface area contributed by atoms with Gasteiger partial charge in [0, 0.05) is 24.2 Å². The van der Waals surface area contributed by atoms with Crippen molar-refractivity contribution in [1.82, 2.24) is 15.6 Å². The second-order valence-electron chi connectivity index (χ2n) is 5.57. The van der Waals surface area contributed by atoms with Crippen LogP contribution in [0.1, 0.15) is 18.7 Å². The minimum Gasteiger partial charge on any atom is -0.490 e. The number of aromatic nitrogens is 1. The predicted octanol–water partition coefficient (Wildman–Crippen LogP) is 2.96. The largest absolute Gasteiger partial charge is 0.490 e. The van der Waals surface area contributed by atoms with Crippen LogP contribution < -0.4 is 15.4 Å². The summed E-state index contributed by atoms with van der Waals surface area (Å²) in [6.45, 7) is 7.21. The Labute approximate surface area is 148 Å². The van der Waals surface area contributed by atoms with Gasteiger partial charge < -0.3 is 15.4 Å². The lowest BCUT2D eigenvalue weighted by molar-refractivity contribution is 0.320. The summed E-state index contributed by atoms with van der Waals surface area (Å²) < 4.78 is 5.62. The number of thiophene rings is 1. The first-order chi connectivity index (χ1) is 11.8. The van der Waals surface area contributed by atoms with E-state index in [9.17, 15) is 0 Å². The fourth-order valence-electron chi connectivity index (χ4n) is 2.20. The van der Waals surface area contributed by atoms with E-state index in [4.69, 9.17) is 4.74 Å². The summed E-state index contributed by atoms with van der Waals surface area (Å²) in [5, 5.41) is 8.69. The first-order valence-electron chi connectivity index (χ1n) is 8.35. The van der Waals surface area contributed by atoms with Crippen molar-refractivity contribution in [3.63, 3.8) is 0 Å². The number of nitrogens with zero attached hydrogens (tertiary/aromatic N) is 2. The Morgan fingerprint density at radius 3 is 2.96 bits per heavy atom. The summed E-state index contributed by atoms with van der Waals surface area (Å²) in [6, 6.07) is 8.05. The van der Waals surface area contributed by atoms with Crippen molar-refractivity contribution in [1.29, 1.82) is 0 Å². The van der Waals surface area contributed by atoms with Gasteiger partial charge in [-0.2, -0.15) is 0 Å². The number of hydrogen-bond donors (Lipinski definition) is 2. The Morgan fingerprint density at radius 2 is 2.25 bits per heavy atom. The predicted molar refractivity (Wildman–Crippen MR) is 101 cm³/mol. The molecule has 0 radical (unpaired) electrons. The third-order valence-electron chi connectivity index (χ3n) is 3.33. The summed E-state index contributed by atoms with van der Waals surface area (Å²) in [6.07, 6.45) is 4.52. The molecule has 0 aliphatic rings. The molecule has 0 saturated heterocycles. The first-order valence-corrected chi connectivity index (χ1v) is 9.23.